The Morgan fingerprint density at radius 1 is 0.960 bits per heavy atom. The first kappa shape index (κ1) is 25.0. The van der Waals surface area contributed by atoms with Crippen molar-refractivity contribution >= 4 is 24.0 Å². The van der Waals surface area contributed by atoms with Gasteiger partial charge in [0.05, 0.1) is 6.04 Å². The number of amides is 1. The average molecular weight is 359 g/mol. The number of hydrogen-bond donors (Lipinski definition) is 1. The third-order valence-electron chi connectivity index (χ3n) is 2.49. The van der Waals surface area contributed by atoms with E-state index in [0.29, 0.717) is 0 Å². The summed E-state index contributed by atoms with van der Waals surface area (Å²) in [6.07, 6.45) is 0.113. The van der Waals surface area contributed by atoms with Gasteiger partial charge in [0.2, 0.25) is 0 Å². The number of carbonyl (C=O) groups excluding carboxylic acids is 5. The quantitative estimate of drug-likeness (QED) is 0.724. The number of rotatable bonds is 6. The normalized spacial score (nSPS) is 12.0. The Kier molecular flexibility index (Phi) is 11.4. The lowest BCUT2D eigenvalue weighted by Gasteiger charge is -2.23. The second-order valence-corrected chi connectivity index (χ2v) is 7.23. The number of carbonyl (C=O) groups is 3. The Labute approximate surface area is 148 Å². The molecule has 8 heteroatoms. The first-order valence-corrected chi connectivity index (χ1v) is 7.99. The molecule has 1 atom stereocenters. The third-order valence-corrected chi connectivity index (χ3v) is 2.49. The summed E-state index contributed by atoms with van der Waals surface area (Å²) in [6.45, 7) is 12.3. The lowest BCUT2D eigenvalue weighted by molar-refractivity contribution is -0.191. The van der Waals surface area contributed by atoms with Crippen LogP contribution >= 0.6 is 0 Å². The third kappa shape index (κ3) is 16.4. The van der Waals surface area contributed by atoms with Crippen molar-refractivity contribution in [2.75, 3.05) is 0 Å². The summed E-state index contributed by atoms with van der Waals surface area (Å²) in [4.78, 5) is 51.6. The second kappa shape index (κ2) is 11.4. The summed E-state index contributed by atoms with van der Waals surface area (Å²) >= 11 is 0. The lowest BCUT2D eigenvalue weighted by Crippen LogP contribution is -2.43. The van der Waals surface area contributed by atoms with Crippen LogP contribution in [0.2, 0.25) is 0 Å². The highest BCUT2D eigenvalue weighted by molar-refractivity contribution is 5.87. The van der Waals surface area contributed by atoms with Gasteiger partial charge in [-0.15, -0.1) is 0 Å². The molecule has 0 aliphatic carbocycles. The molecule has 0 spiro atoms. The summed E-state index contributed by atoms with van der Waals surface area (Å²) in [5, 5.41) is 2.52. The second-order valence-electron chi connectivity index (χ2n) is 7.23. The van der Waals surface area contributed by atoms with Gasteiger partial charge in [-0.2, -0.15) is 9.59 Å². The van der Waals surface area contributed by atoms with E-state index in [0.717, 1.165) is 0 Å². The summed E-state index contributed by atoms with van der Waals surface area (Å²) in [6, 6.07) is -0.743. The molecule has 0 aliphatic rings. The molecule has 1 amide bonds. The van der Waals surface area contributed by atoms with Gasteiger partial charge in [0.15, 0.2) is 5.78 Å². The van der Waals surface area contributed by atoms with E-state index >= 15 is 0 Å². The highest BCUT2D eigenvalue weighted by atomic mass is 16.6. The van der Waals surface area contributed by atoms with Crippen molar-refractivity contribution in [1.29, 1.82) is 0 Å². The Morgan fingerprint density at radius 3 is 1.76 bits per heavy atom. The Bertz CT molecular complexity index is 480. The van der Waals surface area contributed by atoms with Crippen molar-refractivity contribution < 1.29 is 33.4 Å². The zero-order chi connectivity index (χ0) is 20.3. The van der Waals surface area contributed by atoms with Gasteiger partial charge >= 0.3 is 18.2 Å². The van der Waals surface area contributed by atoms with E-state index in [9.17, 15) is 14.4 Å². The molecule has 25 heavy (non-hydrogen) atoms. The molecule has 1 N–H and O–H groups in total. The van der Waals surface area contributed by atoms with E-state index in [2.05, 4.69) is 5.32 Å². The molecule has 0 aromatic heterocycles. The van der Waals surface area contributed by atoms with Crippen LogP contribution in [-0.2, 0) is 28.7 Å². The van der Waals surface area contributed by atoms with Crippen molar-refractivity contribution in [2.45, 2.75) is 85.0 Å². The summed E-state index contributed by atoms with van der Waals surface area (Å²) in [7, 11) is 0. The SMILES string of the molecule is CCC(=O)[C@H](CCC(=O)OC(C)(C)C)NC(=O)OC(C)(C)C.O=C=O. The minimum atomic E-state index is -0.743. The molecule has 0 fully saturated rings. The smallest absolute Gasteiger partial charge is 0.408 e. The highest BCUT2D eigenvalue weighted by Crippen LogP contribution is 2.12. The largest absolute Gasteiger partial charge is 0.460 e. The van der Waals surface area contributed by atoms with Gasteiger partial charge < -0.3 is 14.8 Å². The van der Waals surface area contributed by atoms with Crippen LogP contribution in [0.1, 0.15) is 67.7 Å². The highest BCUT2D eigenvalue weighted by Gasteiger charge is 2.25. The molecule has 0 heterocycles. The maximum Gasteiger partial charge on any atom is 0.408 e. The van der Waals surface area contributed by atoms with Gasteiger partial charge in [-0.1, -0.05) is 6.92 Å². The molecule has 8 nitrogen and oxygen atoms in total. The van der Waals surface area contributed by atoms with Crippen molar-refractivity contribution in [3.05, 3.63) is 0 Å². The van der Waals surface area contributed by atoms with Crippen LogP contribution in [0.25, 0.3) is 0 Å². The number of hydrogen-bond acceptors (Lipinski definition) is 7. The number of ketones is 1. The minimum Gasteiger partial charge on any atom is -0.460 e. The maximum atomic E-state index is 11.9. The van der Waals surface area contributed by atoms with Crippen LogP contribution in [0.5, 0.6) is 0 Å². The van der Waals surface area contributed by atoms with E-state index in [-0.39, 0.29) is 31.2 Å². The molecule has 0 aromatic rings. The van der Waals surface area contributed by atoms with Gasteiger partial charge in [0.1, 0.15) is 11.2 Å². The fraction of sp³-hybridized carbons (Fsp3) is 0.765. The summed E-state index contributed by atoms with van der Waals surface area (Å²) in [5.41, 5.74) is -1.21. The van der Waals surface area contributed by atoms with Gasteiger partial charge in [-0.05, 0) is 48.0 Å². The van der Waals surface area contributed by atoms with Crippen LogP contribution in [0.4, 0.5) is 4.79 Å². The average Bonchev–Trinajstić information content (AvgIpc) is 2.39. The van der Waals surface area contributed by atoms with E-state index in [4.69, 9.17) is 19.1 Å². The number of alkyl carbamates (subject to hydrolysis) is 1. The Balaban J connectivity index is 0. The number of nitrogens with one attached hydrogen (secondary N) is 1. The molecular weight excluding hydrogens is 330 g/mol. The zero-order valence-electron chi connectivity index (χ0n) is 16.1. The molecule has 0 aliphatic heterocycles. The van der Waals surface area contributed by atoms with Crippen molar-refractivity contribution in [2.24, 2.45) is 0 Å². The summed E-state index contributed by atoms with van der Waals surface area (Å²) < 4.78 is 10.3. The number of Topliss-reactive ketones (excluding diaryl/α,β-unsaturated/α-hetero) is 1. The number of esters is 1. The van der Waals surface area contributed by atoms with E-state index < -0.39 is 29.3 Å². The number of ether oxygens (including phenoxy) is 2. The van der Waals surface area contributed by atoms with Crippen LogP contribution in [0.15, 0.2) is 0 Å². The molecular formula is C17H29NO7. The lowest BCUT2D eigenvalue weighted by atomic mass is 10.0. The van der Waals surface area contributed by atoms with Crippen LogP contribution in [0.3, 0.4) is 0 Å². The van der Waals surface area contributed by atoms with Crippen molar-refractivity contribution in [3.8, 4) is 0 Å². The minimum absolute atomic E-state index is 0.0590. The standard InChI is InChI=1S/C16H29NO5.CO2/c1-8-12(18)11(17-14(20)22-16(5,6)7)9-10-13(19)21-15(2,3)4;2-1-3/h11H,8-10H2,1-7H3,(H,17,20);/t11-;/m0./s1. The molecule has 0 bridgehead atoms. The van der Waals surface area contributed by atoms with Crippen LogP contribution < -0.4 is 5.32 Å². The van der Waals surface area contributed by atoms with Crippen LogP contribution in [0, 0.1) is 0 Å². The summed E-state index contributed by atoms with van der Waals surface area (Å²) in [5.74, 6) is -0.540. The predicted octanol–water partition coefficient (Wildman–Crippen LogP) is 2.40. The topological polar surface area (TPSA) is 116 Å². The molecule has 0 aromatic carbocycles. The molecule has 0 radical (unpaired) electrons. The van der Waals surface area contributed by atoms with Crippen LogP contribution in [-0.4, -0.2) is 41.2 Å². The Hall–Kier alpha value is -2.21. The first-order valence-electron chi connectivity index (χ1n) is 7.99. The van der Waals surface area contributed by atoms with E-state index in [1.807, 2.05) is 0 Å². The fourth-order valence-electron chi connectivity index (χ4n) is 1.66. The van der Waals surface area contributed by atoms with Gasteiger partial charge in [-0.25, -0.2) is 4.79 Å². The molecule has 0 unspecified atom stereocenters. The van der Waals surface area contributed by atoms with Crippen molar-refractivity contribution in [1.82, 2.24) is 5.32 Å². The predicted molar refractivity (Wildman–Crippen MR) is 88.5 cm³/mol. The van der Waals surface area contributed by atoms with Gasteiger partial charge in [0.25, 0.3) is 0 Å². The maximum absolute atomic E-state index is 11.9. The van der Waals surface area contributed by atoms with Gasteiger partial charge in [0, 0.05) is 12.8 Å². The Morgan fingerprint density at radius 2 is 1.40 bits per heavy atom. The molecule has 144 valence electrons. The molecule has 0 rings (SSSR count). The molecule has 0 saturated heterocycles. The van der Waals surface area contributed by atoms with E-state index in [1.54, 1.807) is 48.5 Å². The zero-order valence-corrected chi connectivity index (χ0v) is 16.1. The first-order chi connectivity index (χ1) is 11.3. The van der Waals surface area contributed by atoms with Crippen molar-refractivity contribution in [3.63, 3.8) is 0 Å². The fourth-order valence-corrected chi connectivity index (χ4v) is 1.66. The monoisotopic (exact) mass is 359 g/mol. The van der Waals surface area contributed by atoms with Gasteiger partial charge in [-0.3, -0.25) is 9.59 Å². The molecule has 0 saturated carbocycles. The van der Waals surface area contributed by atoms with E-state index in [1.165, 1.54) is 0 Å².